The number of nitrogens with one attached hydrogen (secondary N) is 2. The Bertz CT molecular complexity index is 690. The highest BCUT2D eigenvalue weighted by molar-refractivity contribution is 6.30. The van der Waals surface area contributed by atoms with Crippen molar-refractivity contribution in [2.24, 2.45) is 0 Å². The molecule has 6 heteroatoms. The molecule has 25 heavy (non-hydrogen) atoms. The van der Waals surface area contributed by atoms with Crippen molar-refractivity contribution < 1.29 is 14.3 Å². The highest BCUT2D eigenvalue weighted by atomic mass is 35.5. The summed E-state index contributed by atoms with van der Waals surface area (Å²) in [5.74, 6) is 1.37. The number of anilines is 1. The van der Waals surface area contributed by atoms with E-state index in [1.807, 2.05) is 18.2 Å². The summed E-state index contributed by atoms with van der Waals surface area (Å²) in [4.78, 5) is 12.0. The summed E-state index contributed by atoms with van der Waals surface area (Å²) in [6, 6.07) is 12.3. The van der Waals surface area contributed by atoms with Gasteiger partial charge in [0.2, 0.25) is 0 Å². The standard InChI is InChI=1S/C19H23ClN2O3/c1-3-4-11-25-17-10-5-14(12-18(17)24-2)13-21-19(23)22-16-8-6-15(20)7-9-16/h5-10,12H,3-4,11,13H2,1-2H3,(H2,21,22,23). The highest BCUT2D eigenvalue weighted by Gasteiger charge is 2.07. The summed E-state index contributed by atoms with van der Waals surface area (Å²) >= 11 is 5.82. The molecule has 0 aliphatic rings. The lowest BCUT2D eigenvalue weighted by molar-refractivity contribution is 0.251. The summed E-state index contributed by atoms with van der Waals surface area (Å²) in [6.07, 6.45) is 2.07. The van der Waals surface area contributed by atoms with Gasteiger partial charge in [0.1, 0.15) is 0 Å². The van der Waals surface area contributed by atoms with Gasteiger partial charge in [-0.1, -0.05) is 31.0 Å². The second-order valence-electron chi connectivity index (χ2n) is 5.50. The Hall–Kier alpha value is -2.40. The molecule has 0 saturated carbocycles. The van der Waals surface area contributed by atoms with E-state index in [0.29, 0.717) is 35.4 Å². The molecule has 2 aromatic rings. The number of carbonyl (C=O) groups is 1. The van der Waals surface area contributed by atoms with Crippen molar-refractivity contribution in [2.45, 2.75) is 26.3 Å². The molecular weight excluding hydrogens is 340 g/mol. The van der Waals surface area contributed by atoms with Crippen molar-refractivity contribution in [1.29, 1.82) is 0 Å². The van der Waals surface area contributed by atoms with Crippen LogP contribution in [0.2, 0.25) is 5.02 Å². The third-order valence-electron chi connectivity index (χ3n) is 3.54. The number of urea groups is 1. The number of hydrogen-bond donors (Lipinski definition) is 2. The van der Waals surface area contributed by atoms with E-state index >= 15 is 0 Å². The Morgan fingerprint density at radius 1 is 1.12 bits per heavy atom. The summed E-state index contributed by atoms with van der Waals surface area (Å²) in [5, 5.41) is 6.18. The van der Waals surface area contributed by atoms with E-state index in [1.54, 1.807) is 31.4 Å². The van der Waals surface area contributed by atoms with Crippen LogP contribution in [0.5, 0.6) is 11.5 Å². The van der Waals surface area contributed by atoms with Gasteiger partial charge in [-0.15, -0.1) is 0 Å². The van der Waals surface area contributed by atoms with Crippen molar-refractivity contribution in [3.63, 3.8) is 0 Å². The van der Waals surface area contributed by atoms with Crippen molar-refractivity contribution >= 4 is 23.3 Å². The van der Waals surface area contributed by atoms with Gasteiger partial charge in [0.25, 0.3) is 0 Å². The van der Waals surface area contributed by atoms with E-state index in [1.165, 1.54) is 0 Å². The first-order valence-corrected chi connectivity index (χ1v) is 8.60. The summed E-state index contributed by atoms with van der Waals surface area (Å²) in [7, 11) is 1.60. The van der Waals surface area contributed by atoms with Gasteiger partial charge >= 0.3 is 6.03 Å². The third kappa shape index (κ3) is 6.19. The molecule has 0 aliphatic heterocycles. The quantitative estimate of drug-likeness (QED) is 0.660. The van der Waals surface area contributed by atoms with Gasteiger partial charge in [-0.3, -0.25) is 0 Å². The SMILES string of the molecule is CCCCOc1ccc(CNC(=O)Nc2ccc(Cl)cc2)cc1OC. The molecule has 5 nitrogen and oxygen atoms in total. The zero-order valence-electron chi connectivity index (χ0n) is 14.5. The normalized spacial score (nSPS) is 10.2. The zero-order valence-corrected chi connectivity index (χ0v) is 15.2. The van der Waals surface area contributed by atoms with Crippen LogP contribution in [0.25, 0.3) is 0 Å². The Labute approximate surface area is 153 Å². The fourth-order valence-electron chi connectivity index (χ4n) is 2.16. The molecule has 2 aromatic carbocycles. The van der Waals surface area contributed by atoms with Crippen molar-refractivity contribution in [2.75, 3.05) is 19.0 Å². The highest BCUT2D eigenvalue weighted by Crippen LogP contribution is 2.28. The number of methoxy groups -OCH3 is 1. The molecule has 0 spiro atoms. The summed E-state index contributed by atoms with van der Waals surface area (Å²) < 4.78 is 11.1. The van der Waals surface area contributed by atoms with Gasteiger partial charge in [-0.05, 0) is 48.4 Å². The third-order valence-corrected chi connectivity index (χ3v) is 3.79. The lowest BCUT2D eigenvalue weighted by Crippen LogP contribution is -2.28. The maximum Gasteiger partial charge on any atom is 0.319 e. The monoisotopic (exact) mass is 362 g/mol. The smallest absolute Gasteiger partial charge is 0.319 e. The van der Waals surface area contributed by atoms with E-state index < -0.39 is 0 Å². The van der Waals surface area contributed by atoms with Crippen molar-refractivity contribution in [3.05, 3.63) is 53.1 Å². The fraction of sp³-hybridized carbons (Fsp3) is 0.316. The molecule has 0 atom stereocenters. The minimum absolute atomic E-state index is 0.287. The van der Waals surface area contributed by atoms with Crippen molar-refractivity contribution in [3.8, 4) is 11.5 Å². The molecule has 2 amide bonds. The Morgan fingerprint density at radius 3 is 2.56 bits per heavy atom. The molecule has 0 unspecified atom stereocenters. The molecule has 2 rings (SSSR count). The van der Waals surface area contributed by atoms with Crippen LogP contribution < -0.4 is 20.1 Å². The van der Waals surface area contributed by atoms with Gasteiger partial charge in [0, 0.05) is 17.3 Å². The molecule has 0 fully saturated rings. The van der Waals surface area contributed by atoms with Crippen LogP contribution in [0.1, 0.15) is 25.3 Å². The number of hydrogen-bond acceptors (Lipinski definition) is 3. The first-order valence-electron chi connectivity index (χ1n) is 8.22. The average Bonchev–Trinajstić information content (AvgIpc) is 2.62. The number of benzene rings is 2. The lowest BCUT2D eigenvalue weighted by Gasteiger charge is -2.13. The summed E-state index contributed by atoms with van der Waals surface area (Å²) in [5.41, 5.74) is 1.60. The molecule has 134 valence electrons. The number of halogens is 1. The maximum absolute atomic E-state index is 12.0. The van der Waals surface area contributed by atoms with E-state index in [-0.39, 0.29) is 6.03 Å². The average molecular weight is 363 g/mol. The maximum atomic E-state index is 12.0. The van der Waals surface area contributed by atoms with Crippen LogP contribution in [-0.2, 0) is 6.54 Å². The minimum atomic E-state index is -0.287. The molecule has 0 aliphatic carbocycles. The number of amides is 2. The van der Waals surface area contributed by atoms with E-state index in [0.717, 1.165) is 18.4 Å². The second kappa shape index (κ2) is 9.79. The van der Waals surface area contributed by atoms with Crippen LogP contribution in [0.15, 0.2) is 42.5 Å². The molecular formula is C19H23ClN2O3. The number of unbranched alkanes of at least 4 members (excludes halogenated alkanes) is 1. The molecule has 0 radical (unpaired) electrons. The van der Waals surface area contributed by atoms with Gasteiger partial charge in [-0.2, -0.15) is 0 Å². The van der Waals surface area contributed by atoms with E-state index in [2.05, 4.69) is 17.6 Å². The van der Waals surface area contributed by atoms with Gasteiger partial charge in [0.05, 0.1) is 13.7 Å². The van der Waals surface area contributed by atoms with Crippen LogP contribution in [0.3, 0.4) is 0 Å². The fourth-order valence-corrected chi connectivity index (χ4v) is 2.28. The first kappa shape index (κ1) is 18.9. The second-order valence-corrected chi connectivity index (χ2v) is 5.94. The summed E-state index contributed by atoms with van der Waals surface area (Å²) in [6.45, 7) is 3.16. The lowest BCUT2D eigenvalue weighted by atomic mass is 10.2. The molecule has 0 bridgehead atoms. The van der Waals surface area contributed by atoms with Gasteiger partial charge in [0.15, 0.2) is 11.5 Å². The largest absolute Gasteiger partial charge is 0.493 e. The molecule has 0 heterocycles. The number of rotatable bonds is 8. The zero-order chi connectivity index (χ0) is 18.1. The van der Waals surface area contributed by atoms with Crippen LogP contribution in [0.4, 0.5) is 10.5 Å². The Kier molecular flexibility index (Phi) is 7.41. The Balaban J connectivity index is 1.89. The molecule has 0 saturated heterocycles. The topological polar surface area (TPSA) is 59.6 Å². The minimum Gasteiger partial charge on any atom is -0.493 e. The predicted octanol–water partition coefficient (Wildman–Crippen LogP) is 4.85. The van der Waals surface area contributed by atoms with Gasteiger partial charge in [-0.25, -0.2) is 4.79 Å². The number of carbonyl (C=O) groups excluding carboxylic acids is 1. The van der Waals surface area contributed by atoms with E-state index in [9.17, 15) is 4.79 Å². The molecule has 2 N–H and O–H groups in total. The van der Waals surface area contributed by atoms with Gasteiger partial charge < -0.3 is 20.1 Å². The van der Waals surface area contributed by atoms with E-state index in [4.69, 9.17) is 21.1 Å². The van der Waals surface area contributed by atoms with Crippen LogP contribution >= 0.6 is 11.6 Å². The number of ether oxygens (including phenoxy) is 2. The predicted molar refractivity (Wildman–Crippen MR) is 101 cm³/mol. The van der Waals surface area contributed by atoms with Crippen LogP contribution in [0, 0.1) is 0 Å². The van der Waals surface area contributed by atoms with Crippen molar-refractivity contribution in [1.82, 2.24) is 5.32 Å². The Morgan fingerprint density at radius 2 is 1.88 bits per heavy atom. The van der Waals surface area contributed by atoms with Crippen LogP contribution in [-0.4, -0.2) is 19.7 Å². The first-order chi connectivity index (χ1) is 12.1. The molecule has 0 aromatic heterocycles.